The largest absolute Gasteiger partial charge is 0.504 e. The molecule has 0 saturated carbocycles. The van der Waals surface area contributed by atoms with Gasteiger partial charge in [0.05, 0.1) is 17.7 Å². The minimum atomic E-state index is -3.68. The molecule has 6 heteroatoms. The number of phenols is 1. The highest BCUT2D eigenvalue weighted by atomic mass is 32.2. The van der Waals surface area contributed by atoms with Crippen molar-refractivity contribution in [1.29, 1.82) is 0 Å². The molecule has 0 fully saturated rings. The van der Waals surface area contributed by atoms with Gasteiger partial charge in [0.25, 0.3) is 10.0 Å². The SMILES string of the molecule is COc1ccc(NS(=O)(=O)c2ccccc2C)cc1O. The average Bonchev–Trinajstić information content (AvgIpc) is 2.38. The fraction of sp³-hybridized carbons (Fsp3) is 0.143. The van der Waals surface area contributed by atoms with Gasteiger partial charge >= 0.3 is 0 Å². The number of ether oxygens (including phenoxy) is 1. The van der Waals surface area contributed by atoms with E-state index in [4.69, 9.17) is 4.74 Å². The quantitative estimate of drug-likeness (QED) is 0.908. The Hall–Kier alpha value is -2.21. The van der Waals surface area contributed by atoms with Gasteiger partial charge in [-0.15, -0.1) is 0 Å². The molecular weight excluding hydrogens is 278 g/mol. The van der Waals surface area contributed by atoms with Crippen molar-refractivity contribution in [3.05, 3.63) is 48.0 Å². The van der Waals surface area contributed by atoms with Crippen LogP contribution in [0.3, 0.4) is 0 Å². The summed E-state index contributed by atoms with van der Waals surface area (Å²) in [4.78, 5) is 0.204. The molecule has 0 spiro atoms. The van der Waals surface area contributed by atoms with Crippen molar-refractivity contribution in [2.75, 3.05) is 11.8 Å². The number of nitrogens with one attached hydrogen (secondary N) is 1. The van der Waals surface area contributed by atoms with E-state index < -0.39 is 10.0 Å². The Morgan fingerprint density at radius 2 is 1.85 bits per heavy atom. The van der Waals surface area contributed by atoms with Crippen LogP contribution in [0.1, 0.15) is 5.56 Å². The lowest BCUT2D eigenvalue weighted by atomic mass is 10.2. The molecule has 0 aliphatic rings. The lowest BCUT2D eigenvalue weighted by Gasteiger charge is -2.11. The van der Waals surface area contributed by atoms with E-state index >= 15 is 0 Å². The van der Waals surface area contributed by atoms with Gasteiger partial charge in [-0.3, -0.25) is 4.72 Å². The van der Waals surface area contributed by atoms with E-state index in [1.54, 1.807) is 25.1 Å². The molecule has 0 saturated heterocycles. The monoisotopic (exact) mass is 293 g/mol. The minimum absolute atomic E-state index is 0.127. The predicted octanol–water partition coefficient (Wildman–Crippen LogP) is 2.51. The van der Waals surface area contributed by atoms with Crippen LogP contribution in [0.15, 0.2) is 47.4 Å². The number of benzene rings is 2. The van der Waals surface area contributed by atoms with Crippen LogP contribution in [0.5, 0.6) is 11.5 Å². The lowest BCUT2D eigenvalue weighted by Crippen LogP contribution is -2.14. The molecule has 0 unspecified atom stereocenters. The van der Waals surface area contributed by atoms with E-state index in [0.717, 1.165) is 0 Å². The third-order valence-electron chi connectivity index (χ3n) is 2.81. The number of phenolic OH excluding ortho intramolecular Hbond substituents is 1. The molecule has 0 bridgehead atoms. The maximum atomic E-state index is 12.3. The van der Waals surface area contributed by atoms with E-state index in [1.807, 2.05) is 0 Å². The van der Waals surface area contributed by atoms with Crippen molar-refractivity contribution in [1.82, 2.24) is 0 Å². The normalized spacial score (nSPS) is 11.1. The van der Waals surface area contributed by atoms with Crippen LogP contribution in [0.4, 0.5) is 5.69 Å². The predicted molar refractivity (Wildman–Crippen MR) is 76.6 cm³/mol. The number of anilines is 1. The van der Waals surface area contributed by atoms with Crippen LogP contribution in [0.2, 0.25) is 0 Å². The maximum Gasteiger partial charge on any atom is 0.262 e. The molecule has 0 amide bonds. The van der Waals surface area contributed by atoms with Crippen LogP contribution in [0.25, 0.3) is 0 Å². The third-order valence-corrected chi connectivity index (χ3v) is 4.36. The molecule has 0 aliphatic carbocycles. The average molecular weight is 293 g/mol. The van der Waals surface area contributed by atoms with Crippen LogP contribution in [-0.2, 0) is 10.0 Å². The van der Waals surface area contributed by atoms with Crippen molar-refractivity contribution < 1.29 is 18.3 Å². The fourth-order valence-corrected chi connectivity index (χ4v) is 3.12. The molecule has 0 heterocycles. The number of rotatable bonds is 4. The standard InChI is InChI=1S/C14H15NO4S/c1-10-5-3-4-6-14(10)20(17,18)15-11-7-8-13(19-2)12(16)9-11/h3-9,15-16H,1-2H3. The number of hydrogen-bond donors (Lipinski definition) is 2. The molecule has 2 rings (SSSR count). The summed E-state index contributed by atoms with van der Waals surface area (Å²) in [5.74, 6) is 0.154. The van der Waals surface area contributed by atoms with Gasteiger partial charge in [0, 0.05) is 6.07 Å². The first kappa shape index (κ1) is 14.2. The summed E-state index contributed by atoms with van der Waals surface area (Å²) in [5.41, 5.74) is 0.921. The Labute approximate surface area is 117 Å². The van der Waals surface area contributed by atoms with Crippen molar-refractivity contribution in [2.45, 2.75) is 11.8 Å². The zero-order valence-corrected chi connectivity index (χ0v) is 11.9. The van der Waals surface area contributed by atoms with Gasteiger partial charge in [-0.1, -0.05) is 18.2 Å². The third kappa shape index (κ3) is 2.85. The molecule has 0 aliphatic heterocycles. The van der Waals surface area contributed by atoms with Gasteiger partial charge in [-0.05, 0) is 30.7 Å². The number of hydrogen-bond acceptors (Lipinski definition) is 4. The molecule has 106 valence electrons. The number of aryl methyl sites for hydroxylation is 1. The smallest absolute Gasteiger partial charge is 0.262 e. The molecule has 20 heavy (non-hydrogen) atoms. The molecule has 0 aromatic heterocycles. The summed E-state index contributed by atoms with van der Waals surface area (Å²) in [6, 6.07) is 11.0. The second-order valence-electron chi connectivity index (χ2n) is 4.26. The van der Waals surface area contributed by atoms with E-state index in [9.17, 15) is 13.5 Å². The van der Waals surface area contributed by atoms with E-state index in [-0.39, 0.29) is 22.1 Å². The van der Waals surface area contributed by atoms with Crippen molar-refractivity contribution in [2.24, 2.45) is 0 Å². The Bertz CT molecular complexity index is 726. The second kappa shape index (κ2) is 5.42. The van der Waals surface area contributed by atoms with Crippen LogP contribution in [-0.4, -0.2) is 20.6 Å². The van der Waals surface area contributed by atoms with E-state index in [0.29, 0.717) is 5.56 Å². The highest BCUT2D eigenvalue weighted by Crippen LogP contribution is 2.29. The first-order chi connectivity index (χ1) is 9.44. The van der Waals surface area contributed by atoms with Crippen LogP contribution < -0.4 is 9.46 Å². The van der Waals surface area contributed by atoms with Crippen molar-refractivity contribution in [3.63, 3.8) is 0 Å². The number of methoxy groups -OCH3 is 1. The summed E-state index contributed by atoms with van der Waals surface area (Å²) < 4.78 is 31.9. The molecule has 5 nitrogen and oxygen atoms in total. The second-order valence-corrected chi connectivity index (χ2v) is 5.91. The molecule has 0 radical (unpaired) electrons. The first-order valence-electron chi connectivity index (χ1n) is 5.89. The Morgan fingerprint density at radius 3 is 2.45 bits per heavy atom. The Balaban J connectivity index is 2.34. The minimum Gasteiger partial charge on any atom is -0.504 e. The van der Waals surface area contributed by atoms with E-state index in [1.165, 1.54) is 31.4 Å². The van der Waals surface area contributed by atoms with Gasteiger partial charge in [0.1, 0.15) is 0 Å². The summed E-state index contributed by atoms with van der Waals surface area (Å²) in [6.07, 6.45) is 0. The van der Waals surface area contributed by atoms with Gasteiger partial charge < -0.3 is 9.84 Å². The Kier molecular flexibility index (Phi) is 3.85. The zero-order chi connectivity index (χ0) is 14.8. The topological polar surface area (TPSA) is 75.6 Å². The lowest BCUT2D eigenvalue weighted by molar-refractivity contribution is 0.373. The highest BCUT2D eigenvalue weighted by Gasteiger charge is 2.16. The molecular formula is C14H15NO4S. The maximum absolute atomic E-state index is 12.3. The van der Waals surface area contributed by atoms with Crippen LogP contribution >= 0.6 is 0 Å². The van der Waals surface area contributed by atoms with Gasteiger partial charge in [-0.25, -0.2) is 8.42 Å². The number of sulfonamides is 1. The van der Waals surface area contributed by atoms with Gasteiger partial charge in [-0.2, -0.15) is 0 Å². The van der Waals surface area contributed by atoms with Crippen molar-refractivity contribution >= 4 is 15.7 Å². The highest BCUT2D eigenvalue weighted by molar-refractivity contribution is 7.92. The van der Waals surface area contributed by atoms with Gasteiger partial charge in [0.15, 0.2) is 11.5 Å². The molecule has 2 N–H and O–H groups in total. The molecule has 0 atom stereocenters. The number of aromatic hydroxyl groups is 1. The van der Waals surface area contributed by atoms with E-state index in [2.05, 4.69) is 4.72 Å². The first-order valence-corrected chi connectivity index (χ1v) is 7.38. The summed E-state index contributed by atoms with van der Waals surface area (Å²) in [6.45, 7) is 1.72. The zero-order valence-electron chi connectivity index (χ0n) is 11.1. The van der Waals surface area contributed by atoms with Gasteiger partial charge in [0.2, 0.25) is 0 Å². The fourth-order valence-electron chi connectivity index (χ4n) is 1.82. The molecule has 2 aromatic carbocycles. The summed E-state index contributed by atoms with van der Waals surface area (Å²) in [5, 5.41) is 9.65. The van der Waals surface area contributed by atoms with Crippen molar-refractivity contribution in [3.8, 4) is 11.5 Å². The Morgan fingerprint density at radius 1 is 1.15 bits per heavy atom. The summed E-state index contributed by atoms with van der Waals surface area (Å²) in [7, 11) is -2.26. The van der Waals surface area contributed by atoms with Crippen LogP contribution in [0, 0.1) is 6.92 Å². The summed E-state index contributed by atoms with van der Waals surface area (Å²) >= 11 is 0. The molecule has 2 aromatic rings.